The summed E-state index contributed by atoms with van der Waals surface area (Å²) in [5, 5.41) is 5.16. The first kappa shape index (κ1) is 21.5. The first-order valence-electron chi connectivity index (χ1n) is 8.05. The lowest BCUT2D eigenvalue weighted by Gasteiger charge is -2.18. The second-order valence-electron chi connectivity index (χ2n) is 5.79. The van der Waals surface area contributed by atoms with Crippen molar-refractivity contribution in [1.29, 1.82) is 0 Å². The lowest BCUT2D eigenvalue weighted by Crippen LogP contribution is -2.36. The molecular formula is C18H17BrF3N3O3. The zero-order valence-corrected chi connectivity index (χ0v) is 16.0. The molecule has 0 aliphatic carbocycles. The summed E-state index contributed by atoms with van der Waals surface area (Å²) in [5.74, 6) is -0.711. The minimum atomic E-state index is -4.76. The third kappa shape index (κ3) is 7.47. The molecular weight excluding hydrogens is 443 g/mol. The fraction of sp³-hybridized carbons (Fsp3) is 0.222. The number of nitrogens with one attached hydrogen (secondary N) is 2. The molecule has 0 saturated heterocycles. The average molecular weight is 460 g/mol. The molecule has 0 aromatic heterocycles. The molecule has 0 spiro atoms. The number of benzene rings is 2. The zero-order chi connectivity index (χ0) is 20.7. The number of hydrogen-bond donors (Lipinski definition) is 3. The van der Waals surface area contributed by atoms with Crippen LogP contribution in [0.25, 0.3) is 0 Å². The van der Waals surface area contributed by atoms with Crippen LogP contribution >= 0.6 is 15.9 Å². The summed E-state index contributed by atoms with van der Waals surface area (Å²) in [6.07, 6.45) is -4.82. The van der Waals surface area contributed by atoms with Crippen molar-refractivity contribution >= 4 is 27.9 Å². The van der Waals surface area contributed by atoms with Gasteiger partial charge < -0.3 is 21.1 Å². The predicted molar refractivity (Wildman–Crippen MR) is 99.2 cm³/mol. The Morgan fingerprint density at radius 1 is 1.14 bits per heavy atom. The molecule has 0 aliphatic rings. The number of hydrogen-bond acceptors (Lipinski definition) is 3. The molecule has 2 aromatic carbocycles. The molecule has 0 aliphatic heterocycles. The molecule has 0 heterocycles. The number of carbonyl (C=O) groups is 2. The Hall–Kier alpha value is -2.75. The van der Waals surface area contributed by atoms with E-state index in [2.05, 4.69) is 31.3 Å². The molecule has 10 heteroatoms. The van der Waals surface area contributed by atoms with Crippen molar-refractivity contribution in [2.45, 2.75) is 25.4 Å². The number of carbonyl (C=O) groups excluding carboxylic acids is 2. The molecule has 150 valence electrons. The summed E-state index contributed by atoms with van der Waals surface area (Å²) in [7, 11) is 0. The first-order valence-corrected chi connectivity index (χ1v) is 8.84. The maximum Gasteiger partial charge on any atom is 0.573 e. The molecule has 6 nitrogen and oxygen atoms in total. The smallest absolute Gasteiger partial charge is 0.406 e. The van der Waals surface area contributed by atoms with Crippen LogP contribution in [-0.4, -0.2) is 18.3 Å². The van der Waals surface area contributed by atoms with E-state index < -0.39 is 18.4 Å². The van der Waals surface area contributed by atoms with Gasteiger partial charge in [0.15, 0.2) is 0 Å². The number of rotatable bonds is 7. The molecule has 2 rings (SSSR count). The van der Waals surface area contributed by atoms with E-state index in [1.54, 1.807) is 24.3 Å². The molecule has 4 N–H and O–H groups in total. The molecule has 1 unspecified atom stereocenters. The Morgan fingerprint density at radius 2 is 1.82 bits per heavy atom. The second-order valence-corrected chi connectivity index (χ2v) is 6.70. The van der Waals surface area contributed by atoms with E-state index in [0.717, 1.165) is 16.6 Å². The van der Waals surface area contributed by atoms with Gasteiger partial charge in [-0.15, -0.1) is 13.2 Å². The second kappa shape index (κ2) is 9.45. The molecule has 0 fully saturated rings. The number of alkyl halides is 3. The van der Waals surface area contributed by atoms with E-state index in [0.29, 0.717) is 11.1 Å². The Morgan fingerprint density at radius 3 is 2.39 bits per heavy atom. The topological polar surface area (TPSA) is 93.5 Å². The van der Waals surface area contributed by atoms with E-state index in [9.17, 15) is 22.8 Å². The van der Waals surface area contributed by atoms with Crippen molar-refractivity contribution in [1.82, 2.24) is 10.6 Å². The monoisotopic (exact) mass is 459 g/mol. The molecule has 1 atom stereocenters. The van der Waals surface area contributed by atoms with Crippen molar-refractivity contribution in [3.63, 3.8) is 0 Å². The van der Waals surface area contributed by atoms with Gasteiger partial charge in [0.1, 0.15) is 5.75 Å². The predicted octanol–water partition coefficient (Wildman–Crippen LogP) is 3.76. The quantitative estimate of drug-likeness (QED) is 0.588. The lowest BCUT2D eigenvalue weighted by atomic mass is 10.0. The van der Waals surface area contributed by atoms with E-state index in [4.69, 9.17) is 5.73 Å². The minimum Gasteiger partial charge on any atom is -0.406 e. The molecule has 0 saturated carbocycles. The van der Waals surface area contributed by atoms with Crippen LogP contribution < -0.4 is 21.1 Å². The van der Waals surface area contributed by atoms with Crippen LogP contribution in [0.5, 0.6) is 5.75 Å². The van der Waals surface area contributed by atoms with Crippen LogP contribution in [0.2, 0.25) is 0 Å². The normalized spacial score (nSPS) is 12.1. The third-order valence-electron chi connectivity index (χ3n) is 3.60. The zero-order valence-electron chi connectivity index (χ0n) is 14.4. The van der Waals surface area contributed by atoms with Gasteiger partial charge in [0.2, 0.25) is 5.91 Å². The molecule has 28 heavy (non-hydrogen) atoms. The highest BCUT2D eigenvalue weighted by Gasteiger charge is 2.30. The van der Waals surface area contributed by atoms with Crippen molar-refractivity contribution in [2.24, 2.45) is 5.73 Å². The van der Waals surface area contributed by atoms with Crippen molar-refractivity contribution in [3.05, 3.63) is 64.1 Å². The van der Waals surface area contributed by atoms with Crippen LogP contribution in [0.4, 0.5) is 18.0 Å². The Kier molecular flexibility index (Phi) is 7.27. The standard InChI is InChI=1S/C18H17BrF3N3O3/c19-13-3-1-2-12(8-13)15(25-17(23)27)9-16(26)24-10-11-4-6-14(7-5-11)28-18(20,21)22/h1-8,15H,9-10H2,(H,24,26)(H3,23,25,27). The fourth-order valence-corrected chi connectivity index (χ4v) is 2.83. The maximum atomic E-state index is 12.2. The Labute approximate surface area is 167 Å². The summed E-state index contributed by atoms with van der Waals surface area (Å²) in [6.45, 7) is 0.104. The van der Waals surface area contributed by atoms with Gasteiger partial charge >= 0.3 is 12.4 Å². The SMILES string of the molecule is NC(=O)NC(CC(=O)NCc1ccc(OC(F)(F)F)cc1)c1cccc(Br)c1. The number of nitrogens with two attached hydrogens (primary N) is 1. The fourth-order valence-electron chi connectivity index (χ4n) is 2.41. The third-order valence-corrected chi connectivity index (χ3v) is 4.10. The Balaban J connectivity index is 1.94. The minimum absolute atomic E-state index is 0.0609. The van der Waals surface area contributed by atoms with Gasteiger partial charge in [0.05, 0.1) is 12.5 Å². The van der Waals surface area contributed by atoms with Gasteiger partial charge in [-0.05, 0) is 35.4 Å². The summed E-state index contributed by atoms with van der Waals surface area (Å²) in [5.41, 5.74) is 6.46. The summed E-state index contributed by atoms with van der Waals surface area (Å²) in [4.78, 5) is 23.5. The van der Waals surface area contributed by atoms with Gasteiger partial charge in [0, 0.05) is 11.0 Å². The maximum absolute atomic E-state index is 12.2. The van der Waals surface area contributed by atoms with E-state index in [1.807, 2.05) is 0 Å². The highest BCUT2D eigenvalue weighted by atomic mass is 79.9. The van der Waals surface area contributed by atoms with Crippen LogP contribution in [0.15, 0.2) is 53.0 Å². The molecule has 3 amide bonds. The number of urea groups is 1. The Bertz CT molecular complexity index is 829. The molecule has 0 bridgehead atoms. The van der Waals surface area contributed by atoms with Gasteiger partial charge in [-0.3, -0.25) is 4.79 Å². The molecule has 0 radical (unpaired) electrons. The van der Waals surface area contributed by atoms with Crippen molar-refractivity contribution in [2.75, 3.05) is 0 Å². The summed E-state index contributed by atoms with van der Waals surface area (Å²) < 4.78 is 41.0. The lowest BCUT2D eigenvalue weighted by molar-refractivity contribution is -0.274. The van der Waals surface area contributed by atoms with E-state index in [-0.39, 0.29) is 24.6 Å². The van der Waals surface area contributed by atoms with Crippen LogP contribution in [0, 0.1) is 0 Å². The number of amides is 3. The van der Waals surface area contributed by atoms with Crippen LogP contribution in [0.1, 0.15) is 23.6 Å². The van der Waals surface area contributed by atoms with E-state index in [1.165, 1.54) is 12.1 Å². The van der Waals surface area contributed by atoms with Crippen molar-refractivity contribution in [3.8, 4) is 5.75 Å². The highest BCUT2D eigenvalue weighted by molar-refractivity contribution is 9.10. The molecule has 2 aromatic rings. The highest BCUT2D eigenvalue weighted by Crippen LogP contribution is 2.23. The van der Waals surface area contributed by atoms with Crippen molar-refractivity contribution < 1.29 is 27.5 Å². The van der Waals surface area contributed by atoms with Gasteiger partial charge in [-0.2, -0.15) is 0 Å². The summed E-state index contributed by atoms with van der Waals surface area (Å²) >= 11 is 3.32. The number of primary amides is 1. The summed E-state index contributed by atoms with van der Waals surface area (Å²) in [6, 6.07) is 10.8. The number of ether oxygens (including phenoxy) is 1. The largest absolute Gasteiger partial charge is 0.573 e. The van der Waals surface area contributed by atoms with Gasteiger partial charge in [0.25, 0.3) is 0 Å². The van der Waals surface area contributed by atoms with Crippen LogP contribution in [-0.2, 0) is 11.3 Å². The van der Waals surface area contributed by atoms with Gasteiger partial charge in [-0.1, -0.05) is 40.2 Å². The van der Waals surface area contributed by atoms with E-state index >= 15 is 0 Å². The van der Waals surface area contributed by atoms with Crippen LogP contribution in [0.3, 0.4) is 0 Å². The number of halogens is 4. The van der Waals surface area contributed by atoms with Gasteiger partial charge in [-0.25, -0.2) is 4.79 Å². The average Bonchev–Trinajstić information content (AvgIpc) is 2.59. The first-order chi connectivity index (χ1) is 13.1.